The Kier molecular flexibility index (Phi) is 4.18. The zero-order valence-electron chi connectivity index (χ0n) is 12.6. The molecule has 0 saturated heterocycles. The lowest BCUT2D eigenvalue weighted by molar-refractivity contribution is 0.0997. The Morgan fingerprint density at radius 1 is 1.21 bits per heavy atom. The second kappa shape index (κ2) is 6.29. The third-order valence-electron chi connectivity index (χ3n) is 3.44. The monoisotopic (exact) mass is 344 g/mol. The van der Waals surface area contributed by atoms with Gasteiger partial charge in [0.2, 0.25) is 0 Å². The third-order valence-corrected chi connectivity index (χ3v) is 4.46. The lowest BCUT2D eigenvalue weighted by atomic mass is 10.0. The predicted molar refractivity (Wildman–Crippen MR) is 89.6 cm³/mol. The van der Waals surface area contributed by atoms with E-state index in [9.17, 15) is 14.0 Å². The van der Waals surface area contributed by atoms with Crippen molar-refractivity contribution >= 4 is 28.2 Å². The Morgan fingerprint density at radius 2 is 1.92 bits per heavy atom. The van der Waals surface area contributed by atoms with Crippen LogP contribution in [0.25, 0.3) is 11.1 Å². The molecule has 5 nitrogen and oxygen atoms in total. The molecule has 3 N–H and O–H groups in total. The summed E-state index contributed by atoms with van der Waals surface area (Å²) in [5.74, 6) is -1.40. The van der Waals surface area contributed by atoms with Crippen molar-refractivity contribution in [3.05, 3.63) is 64.7 Å². The molecule has 24 heavy (non-hydrogen) atoms. The Morgan fingerprint density at radius 3 is 2.50 bits per heavy atom. The van der Waals surface area contributed by atoms with E-state index in [0.29, 0.717) is 16.1 Å². The SMILES string of the molecule is Cc1sc(NC(=O)c2ccco2)c(C(N)=O)c1-c1ccc(F)cc1. The van der Waals surface area contributed by atoms with Gasteiger partial charge < -0.3 is 15.5 Å². The summed E-state index contributed by atoms with van der Waals surface area (Å²) in [6.07, 6.45) is 1.38. The highest BCUT2D eigenvalue weighted by Gasteiger charge is 2.23. The fourth-order valence-corrected chi connectivity index (χ4v) is 3.48. The standard InChI is InChI=1S/C17H13FN2O3S/c1-9-13(10-4-6-11(18)7-5-10)14(15(19)21)17(24-9)20-16(22)12-3-2-8-23-12/h2-8H,1H3,(H2,19,21)(H,20,22). The molecule has 7 heteroatoms. The molecular formula is C17H13FN2O3S. The maximum atomic E-state index is 13.1. The maximum Gasteiger partial charge on any atom is 0.291 e. The van der Waals surface area contributed by atoms with Crippen molar-refractivity contribution in [2.24, 2.45) is 5.73 Å². The molecule has 0 fully saturated rings. The quantitative estimate of drug-likeness (QED) is 0.755. The number of rotatable bonds is 4. The second-order valence-electron chi connectivity index (χ2n) is 5.04. The van der Waals surface area contributed by atoms with Gasteiger partial charge in [-0.15, -0.1) is 11.3 Å². The number of amides is 2. The van der Waals surface area contributed by atoms with E-state index in [4.69, 9.17) is 10.2 Å². The summed E-state index contributed by atoms with van der Waals surface area (Å²) >= 11 is 1.23. The van der Waals surface area contributed by atoms with Crippen molar-refractivity contribution in [2.45, 2.75) is 6.92 Å². The summed E-state index contributed by atoms with van der Waals surface area (Å²) in [5, 5.41) is 2.98. The van der Waals surface area contributed by atoms with Crippen LogP contribution in [0.3, 0.4) is 0 Å². The number of aryl methyl sites for hydroxylation is 1. The van der Waals surface area contributed by atoms with Crippen LogP contribution in [0.4, 0.5) is 9.39 Å². The normalized spacial score (nSPS) is 10.6. The average Bonchev–Trinajstić information content (AvgIpc) is 3.16. The van der Waals surface area contributed by atoms with Gasteiger partial charge >= 0.3 is 0 Å². The molecule has 1 aromatic carbocycles. The summed E-state index contributed by atoms with van der Waals surface area (Å²) in [6, 6.07) is 8.84. The zero-order chi connectivity index (χ0) is 17.3. The third kappa shape index (κ3) is 2.93. The number of halogens is 1. The minimum Gasteiger partial charge on any atom is -0.459 e. The van der Waals surface area contributed by atoms with Crippen molar-refractivity contribution in [1.82, 2.24) is 0 Å². The van der Waals surface area contributed by atoms with Gasteiger partial charge in [-0.25, -0.2) is 4.39 Å². The topological polar surface area (TPSA) is 85.3 Å². The average molecular weight is 344 g/mol. The van der Waals surface area contributed by atoms with E-state index in [1.807, 2.05) is 0 Å². The largest absolute Gasteiger partial charge is 0.459 e. The Bertz CT molecular complexity index is 899. The van der Waals surface area contributed by atoms with Gasteiger partial charge in [0, 0.05) is 10.4 Å². The highest BCUT2D eigenvalue weighted by molar-refractivity contribution is 7.17. The summed E-state index contributed by atoms with van der Waals surface area (Å²) in [6.45, 7) is 1.80. The lowest BCUT2D eigenvalue weighted by Gasteiger charge is -2.06. The van der Waals surface area contributed by atoms with Crippen LogP contribution >= 0.6 is 11.3 Å². The second-order valence-corrected chi connectivity index (χ2v) is 6.26. The first kappa shape index (κ1) is 15.9. The molecule has 0 aliphatic carbocycles. The molecule has 0 spiro atoms. The van der Waals surface area contributed by atoms with Gasteiger partial charge in [-0.05, 0) is 36.8 Å². The van der Waals surface area contributed by atoms with Gasteiger partial charge in [-0.1, -0.05) is 12.1 Å². The molecule has 0 aliphatic heterocycles. The van der Waals surface area contributed by atoms with Gasteiger partial charge in [0.25, 0.3) is 11.8 Å². The number of primary amides is 1. The van der Waals surface area contributed by atoms with Crippen LogP contribution in [0.1, 0.15) is 25.8 Å². The highest BCUT2D eigenvalue weighted by atomic mass is 32.1. The number of furan rings is 1. The molecule has 0 bridgehead atoms. The van der Waals surface area contributed by atoms with E-state index in [2.05, 4.69) is 5.32 Å². The summed E-state index contributed by atoms with van der Waals surface area (Å²) in [5.41, 5.74) is 6.94. The summed E-state index contributed by atoms with van der Waals surface area (Å²) in [7, 11) is 0. The molecule has 2 aromatic heterocycles. The van der Waals surface area contributed by atoms with Crippen molar-refractivity contribution in [3.63, 3.8) is 0 Å². The minimum atomic E-state index is -0.673. The van der Waals surface area contributed by atoms with Crippen molar-refractivity contribution < 1.29 is 18.4 Å². The highest BCUT2D eigenvalue weighted by Crippen LogP contribution is 2.39. The molecule has 0 unspecified atom stereocenters. The van der Waals surface area contributed by atoms with E-state index in [1.165, 1.54) is 35.8 Å². The van der Waals surface area contributed by atoms with E-state index in [1.54, 1.807) is 25.1 Å². The predicted octanol–water partition coefficient (Wildman–Crippen LogP) is 3.81. The zero-order valence-corrected chi connectivity index (χ0v) is 13.4. The van der Waals surface area contributed by atoms with E-state index in [-0.39, 0.29) is 17.1 Å². The van der Waals surface area contributed by atoms with E-state index < -0.39 is 11.8 Å². The van der Waals surface area contributed by atoms with Crippen LogP contribution in [0.2, 0.25) is 0 Å². The number of anilines is 1. The van der Waals surface area contributed by atoms with Crippen LogP contribution < -0.4 is 11.1 Å². The van der Waals surface area contributed by atoms with Gasteiger partial charge in [0.1, 0.15) is 10.8 Å². The number of benzene rings is 1. The first-order valence-corrected chi connectivity index (χ1v) is 7.83. The Hall–Kier alpha value is -2.93. The van der Waals surface area contributed by atoms with Gasteiger partial charge in [-0.3, -0.25) is 9.59 Å². The maximum absolute atomic E-state index is 13.1. The molecule has 3 rings (SSSR count). The smallest absolute Gasteiger partial charge is 0.291 e. The number of carbonyl (C=O) groups excluding carboxylic acids is 2. The van der Waals surface area contributed by atoms with Crippen LogP contribution in [0, 0.1) is 12.7 Å². The molecule has 0 saturated carbocycles. The molecule has 0 aliphatic rings. The number of hydrogen-bond donors (Lipinski definition) is 2. The van der Waals surface area contributed by atoms with Crippen molar-refractivity contribution in [1.29, 1.82) is 0 Å². The molecule has 3 aromatic rings. The van der Waals surface area contributed by atoms with Crippen molar-refractivity contribution in [2.75, 3.05) is 5.32 Å². The number of nitrogens with one attached hydrogen (secondary N) is 1. The number of hydrogen-bond acceptors (Lipinski definition) is 4. The van der Waals surface area contributed by atoms with E-state index >= 15 is 0 Å². The minimum absolute atomic E-state index is 0.125. The van der Waals surface area contributed by atoms with Crippen LogP contribution in [0.15, 0.2) is 47.1 Å². The molecule has 0 radical (unpaired) electrons. The van der Waals surface area contributed by atoms with Crippen LogP contribution in [-0.2, 0) is 0 Å². The van der Waals surface area contributed by atoms with Gasteiger partial charge in [0.15, 0.2) is 5.76 Å². The fraction of sp³-hybridized carbons (Fsp3) is 0.0588. The lowest BCUT2D eigenvalue weighted by Crippen LogP contribution is -2.17. The first-order valence-electron chi connectivity index (χ1n) is 7.01. The molecule has 0 atom stereocenters. The summed E-state index contributed by atoms with van der Waals surface area (Å²) < 4.78 is 18.2. The van der Waals surface area contributed by atoms with Gasteiger partial charge in [-0.2, -0.15) is 0 Å². The molecular weight excluding hydrogens is 331 g/mol. The van der Waals surface area contributed by atoms with E-state index in [0.717, 1.165) is 4.88 Å². The molecule has 2 heterocycles. The number of carbonyl (C=O) groups is 2. The summed E-state index contributed by atoms with van der Waals surface area (Å²) in [4.78, 5) is 24.9. The van der Waals surface area contributed by atoms with Crippen molar-refractivity contribution in [3.8, 4) is 11.1 Å². The Labute approximate surface area is 140 Å². The number of thiophene rings is 1. The van der Waals surface area contributed by atoms with Crippen LogP contribution in [-0.4, -0.2) is 11.8 Å². The van der Waals surface area contributed by atoms with Crippen LogP contribution in [0.5, 0.6) is 0 Å². The first-order chi connectivity index (χ1) is 11.5. The fourth-order valence-electron chi connectivity index (χ4n) is 2.40. The molecule has 122 valence electrons. The molecule has 2 amide bonds. The number of nitrogens with two attached hydrogens (primary N) is 1. The Balaban J connectivity index is 2.05. The van der Waals surface area contributed by atoms with Gasteiger partial charge in [0.05, 0.1) is 11.8 Å².